The van der Waals surface area contributed by atoms with Crippen molar-refractivity contribution < 1.29 is 4.79 Å². The lowest BCUT2D eigenvalue weighted by Gasteiger charge is -2.06. The van der Waals surface area contributed by atoms with Crippen molar-refractivity contribution in [3.8, 4) is 0 Å². The first-order chi connectivity index (χ1) is 9.69. The van der Waals surface area contributed by atoms with E-state index in [1.807, 2.05) is 31.2 Å². The van der Waals surface area contributed by atoms with Gasteiger partial charge in [-0.2, -0.15) is 0 Å². The van der Waals surface area contributed by atoms with Crippen LogP contribution in [-0.2, 0) is 0 Å². The Morgan fingerprint density at radius 3 is 2.80 bits per heavy atom. The summed E-state index contributed by atoms with van der Waals surface area (Å²) in [6, 6.07) is 11.3. The second kappa shape index (κ2) is 6.47. The molecule has 2 N–H and O–H groups in total. The molecule has 0 unspecified atom stereocenters. The maximum atomic E-state index is 11.6. The summed E-state index contributed by atoms with van der Waals surface area (Å²) in [6.07, 6.45) is 1.61. The van der Waals surface area contributed by atoms with Crippen molar-refractivity contribution >= 4 is 17.4 Å². The van der Waals surface area contributed by atoms with Gasteiger partial charge in [-0.15, -0.1) is 16.8 Å². The summed E-state index contributed by atoms with van der Waals surface area (Å²) in [5, 5.41) is 13.7. The van der Waals surface area contributed by atoms with E-state index >= 15 is 0 Å². The molecule has 0 atom stereocenters. The quantitative estimate of drug-likeness (QED) is 0.817. The smallest absolute Gasteiger partial charge is 0.272 e. The minimum atomic E-state index is -0.264. The van der Waals surface area contributed by atoms with Gasteiger partial charge in [-0.1, -0.05) is 18.2 Å². The number of aryl methyl sites for hydroxylation is 1. The van der Waals surface area contributed by atoms with Crippen molar-refractivity contribution in [2.75, 3.05) is 11.9 Å². The van der Waals surface area contributed by atoms with Gasteiger partial charge in [0.05, 0.1) is 0 Å². The average molecular weight is 268 g/mol. The van der Waals surface area contributed by atoms with E-state index in [2.05, 4.69) is 27.4 Å². The first kappa shape index (κ1) is 13.7. The topological polar surface area (TPSA) is 66.9 Å². The second-order valence-electron chi connectivity index (χ2n) is 4.30. The molecule has 0 bridgehead atoms. The summed E-state index contributed by atoms with van der Waals surface area (Å²) in [6.45, 7) is 5.96. The van der Waals surface area contributed by atoms with Crippen molar-refractivity contribution in [1.82, 2.24) is 15.5 Å². The Labute approximate surface area is 117 Å². The molecular weight excluding hydrogens is 252 g/mol. The average Bonchev–Trinajstić information content (AvgIpc) is 2.45. The van der Waals surface area contributed by atoms with E-state index in [-0.39, 0.29) is 11.6 Å². The molecule has 0 fully saturated rings. The molecular formula is C15H16N4O. The monoisotopic (exact) mass is 268 g/mol. The zero-order chi connectivity index (χ0) is 14.4. The zero-order valence-electron chi connectivity index (χ0n) is 11.3. The van der Waals surface area contributed by atoms with E-state index in [0.717, 1.165) is 11.3 Å². The Morgan fingerprint density at radius 2 is 2.15 bits per heavy atom. The number of anilines is 2. The molecule has 0 radical (unpaired) electrons. The lowest BCUT2D eigenvalue weighted by Crippen LogP contribution is -2.24. The molecule has 5 nitrogen and oxygen atoms in total. The second-order valence-corrected chi connectivity index (χ2v) is 4.30. The maximum absolute atomic E-state index is 11.6. The Morgan fingerprint density at radius 1 is 1.30 bits per heavy atom. The standard InChI is InChI=1S/C15H16N4O/c1-3-9-16-15(20)13-7-8-14(19-18-13)17-12-6-4-5-11(2)10-12/h3-8,10H,1,9H2,2H3,(H,16,20)(H,17,19). The van der Waals surface area contributed by atoms with Crippen LogP contribution in [0.2, 0.25) is 0 Å². The molecule has 2 aromatic rings. The van der Waals surface area contributed by atoms with Gasteiger partial charge in [-0.25, -0.2) is 0 Å². The summed E-state index contributed by atoms with van der Waals surface area (Å²) in [5.74, 6) is 0.329. The van der Waals surface area contributed by atoms with Gasteiger partial charge in [-0.3, -0.25) is 4.79 Å². The molecule has 0 aliphatic rings. The van der Waals surface area contributed by atoms with Crippen molar-refractivity contribution in [3.63, 3.8) is 0 Å². The maximum Gasteiger partial charge on any atom is 0.272 e. The Balaban J connectivity index is 2.04. The summed E-state index contributed by atoms with van der Waals surface area (Å²) >= 11 is 0. The van der Waals surface area contributed by atoms with E-state index in [0.29, 0.717) is 12.4 Å². The summed E-state index contributed by atoms with van der Waals surface area (Å²) in [4.78, 5) is 11.6. The molecule has 20 heavy (non-hydrogen) atoms. The molecule has 102 valence electrons. The summed E-state index contributed by atoms with van der Waals surface area (Å²) < 4.78 is 0. The molecule has 1 amide bonds. The van der Waals surface area contributed by atoms with Crippen LogP contribution in [0.5, 0.6) is 0 Å². The van der Waals surface area contributed by atoms with E-state index in [1.54, 1.807) is 18.2 Å². The number of amides is 1. The lowest BCUT2D eigenvalue weighted by atomic mass is 10.2. The zero-order valence-corrected chi connectivity index (χ0v) is 11.3. The van der Waals surface area contributed by atoms with Crippen LogP contribution in [0, 0.1) is 6.92 Å². The minimum absolute atomic E-state index is 0.264. The van der Waals surface area contributed by atoms with Crippen molar-refractivity contribution in [2.24, 2.45) is 0 Å². The first-order valence-corrected chi connectivity index (χ1v) is 6.25. The van der Waals surface area contributed by atoms with E-state index in [1.165, 1.54) is 0 Å². The molecule has 2 rings (SSSR count). The van der Waals surface area contributed by atoms with Crippen LogP contribution < -0.4 is 10.6 Å². The lowest BCUT2D eigenvalue weighted by molar-refractivity contribution is 0.0952. The van der Waals surface area contributed by atoms with Crippen LogP contribution >= 0.6 is 0 Å². The van der Waals surface area contributed by atoms with Gasteiger partial charge in [0.1, 0.15) is 0 Å². The van der Waals surface area contributed by atoms with Gasteiger partial charge < -0.3 is 10.6 Å². The molecule has 1 heterocycles. The third-order valence-corrected chi connectivity index (χ3v) is 2.59. The molecule has 1 aromatic heterocycles. The van der Waals surface area contributed by atoms with Gasteiger partial charge in [0.2, 0.25) is 0 Å². The van der Waals surface area contributed by atoms with Crippen molar-refractivity contribution in [1.29, 1.82) is 0 Å². The van der Waals surface area contributed by atoms with Gasteiger partial charge >= 0.3 is 0 Å². The number of benzene rings is 1. The summed E-state index contributed by atoms with van der Waals surface area (Å²) in [5.41, 5.74) is 2.37. The predicted molar refractivity (Wildman–Crippen MR) is 79.0 cm³/mol. The number of nitrogens with zero attached hydrogens (tertiary/aromatic N) is 2. The highest BCUT2D eigenvalue weighted by Gasteiger charge is 2.06. The van der Waals surface area contributed by atoms with Gasteiger partial charge in [0.15, 0.2) is 11.5 Å². The fourth-order valence-electron chi connectivity index (χ4n) is 1.65. The Hall–Kier alpha value is -2.69. The minimum Gasteiger partial charge on any atom is -0.347 e. The third-order valence-electron chi connectivity index (χ3n) is 2.59. The predicted octanol–water partition coefficient (Wildman–Crippen LogP) is 2.44. The van der Waals surface area contributed by atoms with Crippen molar-refractivity contribution in [2.45, 2.75) is 6.92 Å². The Bertz CT molecular complexity index is 608. The number of hydrogen-bond donors (Lipinski definition) is 2. The van der Waals surface area contributed by atoms with Gasteiger partial charge in [0, 0.05) is 12.2 Å². The largest absolute Gasteiger partial charge is 0.347 e. The van der Waals surface area contributed by atoms with Crippen LogP contribution in [0.25, 0.3) is 0 Å². The van der Waals surface area contributed by atoms with Crippen LogP contribution in [0.15, 0.2) is 49.1 Å². The number of rotatable bonds is 5. The fourth-order valence-corrected chi connectivity index (χ4v) is 1.65. The Kier molecular flexibility index (Phi) is 4.44. The van der Waals surface area contributed by atoms with Crippen LogP contribution in [0.4, 0.5) is 11.5 Å². The van der Waals surface area contributed by atoms with E-state index in [4.69, 9.17) is 0 Å². The van der Waals surface area contributed by atoms with E-state index < -0.39 is 0 Å². The highest BCUT2D eigenvalue weighted by molar-refractivity contribution is 5.92. The summed E-state index contributed by atoms with van der Waals surface area (Å²) in [7, 11) is 0. The fraction of sp³-hybridized carbons (Fsp3) is 0.133. The van der Waals surface area contributed by atoms with Crippen LogP contribution in [0.1, 0.15) is 16.1 Å². The third kappa shape index (κ3) is 3.65. The number of carbonyl (C=O) groups excluding carboxylic acids is 1. The molecule has 0 spiro atoms. The number of aromatic nitrogens is 2. The van der Waals surface area contributed by atoms with Gasteiger partial charge in [0.25, 0.3) is 5.91 Å². The molecule has 0 aliphatic heterocycles. The molecule has 0 saturated heterocycles. The van der Waals surface area contributed by atoms with Crippen LogP contribution in [0.3, 0.4) is 0 Å². The van der Waals surface area contributed by atoms with Gasteiger partial charge in [-0.05, 0) is 36.8 Å². The number of hydrogen-bond acceptors (Lipinski definition) is 4. The molecule has 5 heteroatoms. The van der Waals surface area contributed by atoms with Crippen LogP contribution in [-0.4, -0.2) is 22.6 Å². The highest BCUT2D eigenvalue weighted by Crippen LogP contribution is 2.14. The molecule has 0 aliphatic carbocycles. The first-order valence-electron chi connectivity index (χ1n) is 6.25. The number of carbonyl (C=O) groups is 1. The SMILES string of the molecule is C=CCNC(=O)c1ccc(Nc2cccc(C)c2)nn1. The molecule has 1 aromatic carbocycles. The highest BCUT2D eigenvalue weighted by atomic mass is 16.1. The number of nitrogens with one attached hydrogen (secondary N) is 2. The normalized spacial score (nSPS) is 9.85. The van der Waals surface area contributed by atoms with Crippen molar-refractivity contribution in [3.05, 3.63) is 60.3 Å². The van der Waals surface area contributed by atoms with E-state index in [9.17, 15) is 4.79 Å². The molecule has 0 saturated carbocycles.